The number of esters is 2. The lowest BCUT2D eigenvalue weighted by atomic mass is 9.85. The highest BCUT2D eigenvalue weighted by Crippen LogP contribution is 2.35. The lowest BCUT2D eigenvalue weighted by Gasteiger charge is -2.18. The van der Waals surface area contributed by atoms with Crippen molar-refractivity contribution in [1.82, 2.24) is 5.32 Å². The van der Waals surface area contributed by atoms with Crippen LogP contribution in [0.4, 0.5) is 0 Å². The molecule has 3 rings (SSSR count). The fourth-order valence-electron chi connectivity index (χ4n) is 4.99. The summed E-state index contributed by atoms with van der Waals surface area (Å²) in [6.45, 7) is 5.89. The van der Waals surface area contributed by atoms with Crippen LogP contribution < -0.4 is 30.0 Å². The molecule has 0 radical (unpaired) electrons. The van der Waals surface area contributed by atoms with Gasteiger partial charge < -0.3 is 39.5 Å². The molecule has 43 heavy (non-hydrogen) atoms. The number of hydrogen-bond acceptors (Lipinski definition) is 10. The molecule has 1 aliphatic heterocycles. The third kappa shape index (κ3) is 9.51. The Morgan fingerprint density at radius 2 is 1.51 bits per heavy atom. The van der Waals surface area contributed by atoms with Crippen LogP contribution in [0, 0.1) is 17.8 Å². The summed E-state index contributed by atoms with van der Waals surface area (Å²) < 4.78 is 32.7. The minimum Gasteiger partial charge on any atom is -0.493 e. The number of carbonyl (C=O) groups is 3. The Balaban J connectivity index is 1.53. The van der Waals surface area contributed by atoms with Crippen LogP contribution in [-0.2, 0) is 36.7 Å². The van der Waals surface area contributed by atoms with Crippen molar-refractivity contribution in [2.45, 2.75) is 52.1 Å². The second-order valence-corrected chi connectivity index (χ2v) is 11.1. The van der Waals surface area contributed by atoms with E-state index in [1.54, 1.807) is 27.2 Å². The number of nitrogens with two attached hydrogens (primary N) is 1. The first-order chi connectivity index (χ1) is 20.6. The van der Waals surface area contributed by atoms with Gasteiger partial charge in [-0.15, -0.1) is 0 Å². The van der Waals surface area contributed by atoms with Gasteiger partial charge in [0.25, 0.3) is 0 Å². The van der Waals surface area contributed by atoms with Gasteiger partial charge in [0.15, 0.2) is 23.0 Å². The van der Waals surface area contributed by atoms with Gasteiger partial charge in [-0.05, 0) is 67.5 Å². The third-order valence-electron chi connectivity index (χ3n) is 7.30. The van der Waals surface area contributed by atoms with Crippen molar-refractivity contribution < 1.29 is 42.8 Å². The number of carbonyl (C=O) groups excluding carboxylic acids is 3. The molecule has 0 saturated carbocycles. The highest BCUT2D eigenvalue weighted by molar-refractivity contribution is 5.87. The number of ether oxygens (including phenoxy) is 6. The van der Waals surface area contributed by atoms with Gasteiger partial charge in [-0.3, -0.25) is 9.59 Å². The van der Waals surface area contributed by atoms with E-state index in [4.69, 9.17) is 34.2 Å². The third-order valence-corrected chi connectivity index (χ3v) is 7.30. The predicted octanol–water partition coefficient (Wildman–Crippen LogP) is 3.09. The molecule has 1 saturated heterocycles. The van der Waals surface area contributed by atoms with Gasteiger partial charge in [0.05, 0.1) is 39.9 Å². The fraction of sp³-hybridized carbons (Fsp3) is 0.531. The van der Waals surface area contributed by atoms with E-state index in [1.165, 1.54) is 7.11 Å². The van der Waals surface area contributed by atoms with Crippen molar-refractivity contribution in [1.29, 1.82) is 0 Å². The van der Waals surface area contributed by atoms with Gasteiger partial charge >= 0.3 is 11.9 Å². The van der Waals surface area contributed by atoms with E-state index in [0.29, 0.717) is 48.9 Å². The smallest absolute Gasteiger partial charge is 0.328 e. The molecule has 0 aromatic heterocycles. The lowest BCUT2D eigenvalue weighted by Crippen LogP contribution is -2.48. The van der Waals surface area contributed by atoms with Crippen LogP contribution in [0.1, 0.15) is 38.3 Å². The Bertz CT molecular complexity index is 1250. The molecule has 2 aromatic rings. The van der Waals surface area contributed by atoms with Crippen LogP contribution in [0.2, 0.25) is 0 Å². The molecule has 3 N–H and O–H groups in total. The van der Waals surface area contributed by atoms with Crippen molar-refractivity contribution in [3.8, 4) is 23.0 Å². The molecule has 2 unspecified atom stereocenters. The molecule has 11 nitrogen and oxygen atoms in total. The number of benzene rings is 2. The number of nitrogens with one attached hydrogen (secondary N) is 1. The van der Waals surface area contributed by atoms with E-state index in [9.17, 15) is 14.4 Å². The molecule has 11 heteroatoms. The topological polar surface area (TPSA) is 145 Å². The maximum Gasteiger partial charge on any atom is 0.328 e. The van der Waals surface area contributed by atoms with E-state index >= 15 is 0 Å². The number of amides is 1. The van der Waals surface area contributed by atoms with E-state index < -0.39 is 24.0 Å². The summed E-state index contributed by atoms with van der Waals surface area (Å²) in [5.41, 5.74) is 7.80. The SMILES string of the molecule is COc1ccc(CC2COC(=O)C2Cc2ccc(OCCOC(=O)[C@H](C)NC(=O)[C@@H](N)CC(C)C)c(OC)c2)cc1OC. The van der Waals surface area contributed by atoms with E-state index in [1.807, 2.05) is 44.2 Å². The minimum absolute atomic E-state index is 0.000303. The van der Waals surface area contributed by atoms with Crippen LogP contribution in [0.25, 0.3) is 0 Å². The summed E-state index contributed by atoms with van der Waals surface area (Å²) in [4.78, 5) is 37.1. The standard InChI is InChI=1S/C32H44N2O9/c1-19(2)13-25(33)30(35)34-20(3)31(36)42-12-11-41-27-10-8-22(17-29(27)40-6)15-24-23(18-43-32(24)37)14-21-7-9-26(38-4)28(16-21)39-5/h7-10,16-17,19-20,23-25H,11-15,18,33H2,1-6H3,(H,34,35)/t20-,23?,24?,25-/m0/s1. The van der Waals surface area contributed by atoms with Crippen molar-refractivity contribution in [2.75, 3.05) is 41.2 Å². The van der Waals surface area contributed by atoms with Crippen molar-refractivity contribution >= 4 is 17.8 Å². The van der Waals surface area contributed by atoms with Crippen LogP contribution >= 0.6 is 0 Å². The molecule has 0 bridgehead atoms. The zero-order valence-corrected chi connectivity index (χ0v) is 25.8. The van der Waals surface area contributed by atoms with E-state index in [-0.39, 0.29) is 36.9 Å². The Hall–Kier alpha value is -3.99. The van der Waals surface area contributed by atoms with Crippen LogP contribution in [0.3, 0.4) is 0 Å². The van der Waals surface area contributed by atoms with Gasteiger partial charge in [-0.25, -0.2) is 4.79 Å². The first kappa shape index (κ1) is 33.5. The average Bonchev–Trinajstić information content (AvgIpc) is 3.32. The summed E-state index contributed by atoms with van der Waals surface area (Å²) in [5.74, 6) is 1.00. The monoisotopic (exact) mass is 600 g/mol. The van der Waals surface area contributed by atoms with Gasteiger partial charge in [0.2, 0.25) is 5.91 Å². The van der Waals surface area contributed by atoms with Crippen molar-refractivity contribution in [3.63, 3.8) is 0 Å². The van der Waals surface area contributed by atoms with Gasteiger partial charge in [0.1, 0.15) is 19.3 Å². The van der Waals surface area contributed by atoms with E-state index in [2.05, 4.69) is 5.32 Å². The molecule has 0 spiro atoms. The Labute approximate surface area is 253 Å². The molecule has 1 fully saturated rings. The average molecular weight is 601 g/mol. The second kappa shape index (κ2) is 16.0. The first-order valence-electron chi connectivity index (χ1n) is 14.5. The van der Waals surface area contributed by atoms with Gasteiger partial charge in [0, 0.05) is 5.92 Å². The Morgan fingerprint density at radius 3 is 2.14 bits per heavy atom. The summed E-state index contributed by atoms with van der Waals surface area (Å²) in [5, 5.41) is 2.58. The molecule has 2 aromatic carbocycles. The summed E-state index contributed by atoms with van der Waals surface area (Å²) in [7, 11) is 4.71. The summed E-state index contributed by atoms with van der Waals surface area (Å²) >= 11 is 0. The Morgan fingerprint density at radius 1 is 0.907 bits per heavy atom. The predicted molar refractivity (Wildman–Crippen MR) is 159 cm³/mol. The number of rotatable bonds is 16. The molecule has 0 aliphatic carbocycles. The quantitative estimate of drug-likeness (QED) is 0.218. The molecule has 1 aliphatic rings. The molecular formula is C32H44N2O9. The zero-order chi connectivity index (χ0) is 31.5. The largest absolute Gasteiger partial charge is 0.493 e. The second-order valence-electron chi connectivity index (χ2n) is 11.1. The molecule has 236 valence electrons. The summed E-state index contributed by atoms with van der Waals surface area (Å²) in [6, 6.07) is 9.69. The number of methoxy groups -OCH3 is 3. The number of hydrogen-bond donors (Lipinski definition) is 2. The highest BCUT2D eigenvalue weighted by atomic mass is 16.6. The van der Waals surface area contributed by atoms with Gasteiger partial charge in [-0.2, -0.15) is 0 Å². The van der Waals surface area contributed by atoms with E-state index in [0.717, 1.165) is 11.1 Å². The molecule has 1 heterocycles. The Kier molecular flexibility index (Phi) is 12.5. The minimum atomic E-state index is -0.836. The lowest BCUT2D eigenvalue weighted by molar-refractivity contribution is -0.148. The fourth-order valence-corrected chi connectivity index (χ4v) is 4.99. The van der Waals surface area contributed by atoms with Gasteiger partial charge in [-0.1, -0.05) is 26.0 Å². The van der Waals surface area contributed by atoms with Crippen LogP contribution in [0.15, 0.2) is 36.4 Å². The van der Waals surface area contributed by atoms with Crippen LogP contribution in [-0.4, -0.2) is 71.1 Å². The maximum atomic E-state index is 12.6. The molecular weight excluding hydrogens is 556 g/mol. The highest BCUT2D eigenvalue weighted by Gasteiger charge is 2.37. The molecule has 4 atom stereocenters. The van der Waals surface area contributed by atoms with Crippen LogP contribution in [0.5, 0.6) is 23.0 Å². The van der Waals surface area contributed by atoms with Crippen molar-refractivity contribution in [3.05, 3.63) is 47.5 Å². The molecule has 1 amide bonds. The zero-order valence-electron chi connectivity index (χ0n) is 25.8. The number of cyclic esters (lactones) is 1. The maximum absolute atomic E-state index is 12.6. The van der Waals surface area contributed by atoms with Crippen molar-refractivity contribution in [2.24, 2.45) is 23.5 Å². The normalized spacial score (nSPS) is 17.5. The summed E-state index contributed by atoms with van der Waals surface area (Å²) in [6.07, 6.45) is 1.66. The first-order valence-corrected chi connectivity index (χ1v) is 14.5.